The predicted octanol–water partition coefficient (Wildman–Crippen LogP) is 2.35. The van der Waals surface area contributed by atoms with Gasteiger partial charge in [0.05, 0.1) is 6.10 Å². The lowest BCUT2D eigenvalue weighted by Crippen LogP contribution is -2.35. The van der Waals surface area contributed by atoms with Crippen molar-refractivity contribution < 1.29 is 14.3 Å². The average molecular weight is 327 g/mol. The molecule has 0 aliphatic rings. The molecule has 2 N–H and O–H groups in total. The molecule has 0 aliphatic carbocycles. The Hall–Kier alpha value is -2.73. The largest absolute Gasteiger partial charge is 0.377 e. The number of nitrogens with zero attached hydrogens (tertiary/aromatic N) is 1. The van der Waals surface area contributed by atoms with Crippen LogP contribution in [0, 0.1) is 6.92 Å². The van der Waals surface area contributed by atoms with Crippen molar-refractivity contribution in [3.63, 3.8) is 0 Å². The third-order valence-corrected chi connectivity index (χ3v) is 3.60. The second-order valence-electron chi connectivity index (χ2n) is 5.45. The summed E-state index contributed by atoms with van der Waals surface area (Å²) in [5.41, 5.74) is 3.20. The third-order valence-electron chi connectivity index (χ3n) is 3.60. The van der Waals surface area contributed by atoms with Gasteiger partial charge in [-0.05, 0) is 43.2 Å². The van der Waals surface area contributed by atoms with E-state index in [1.807, 2.05) is 32.0 Å². The number of rotatable bonds is 5. The minimum absolute atomic E-state index is 0.0929. The van der Waals surface area contributed by atoms with Gasteiger partial charge in [0.1, 0.15) is 0 Å². The molecule has 1 unspecified atom stereocenters. The van der Waals surface area contributed by atoms with Gasteiger partial charge in [0.2, 0.25) is 0 Å². The van der Waals surface area contributed by atoms with Crippen molar-refractivity contribution in [3.05, 3.63) is 59.4 Å². The van der Waals surface area contributed by atoms with Crippen molar-refractivity contribution in [2.45, 2.75) is 26.5 Å². The smallest absolute Gasteiger partial charge is 0.313 e. The van der Waals surface area contributed by atoms with Crippen LogP contribution in [0.1, 0.15) is 29.8 Å². The molecule has 0 radical (unpaired) electrons. The summed E-state index contributed by atoms with van der Waals surface area (Å²) in [6.45, 7) is 4.04. The minimum atomic E-state index is -0.711. The predicted molar refractivity (Wildman–Crippen MR) is 91.3 cm³/mol. The summed E-state index contributed by atoms with van der Waals surface area (Å²) in [5.74, 6) is -1.40. The Kier molecular flexibility index (Phi) is 6.03. The van der Waals surface area contributed by atoms with Crippen molar-refractivity contribution in [1.29, 1.82) is 0 Å². The highest BCUT2D eigenvalue weighted by Gasteiger charge is 2.14. The van der Waals surface area contributed by atoms with Gasteiger partial charge in [0.25, 0.3) is 0 Å². The molecule has 0 bridgehead atoms. The number of amides is 2. The molecule has 126 valence electrons. The van der Waals surface area contributed by atoms with E-state index < -0.39 is 11.8 Å². The molecule has 0 aliphatic heterocycles. The van der Waals surface area contributed by atoms with Crippen LogP contribution in [0.2, 0.25) is 0 Å². The van der Waals surface area contributed by atoms with Crippen molar-refractivity contribution in [3.8, 4) is 0 Å². The Morgan fingerprint density at radius 2 is 2.00 bits per heavy atom. The molecule has 0 saturated carbocycles. The van der Waals surface area contributed by atoms with Gasteiger partial charge in [-0.15, -0.1) is 0 Å². The van der Waals surface area contributed by atoms with Crippen LogP contribution in [0.4, 0.5) is 5.69 Å². The van der Waals surface area contributed by atoms with Gasteiger partial charge in [-0.25, -0.2) is 0 Å². The van der Waals surface area contributed by atoms with Crippen LogP contribution in [0.15, 0.2) is 42.6 Å². The lowest BCUT2D eigenvalue weighted by Gasteiger charge is -2.12. The van der Waals surface area contributed by atoms with Crippen LogP contribution in [-0.4, -0.2) is 23.9 Å². The van der Waals surface area contributed by atoms with Gasteiger partial charge < -0.3 is 15.4 Å². The number of ether oxygens (including phenoxy) is 1. The molecule has 2 aromatic rings. The molecule has 0 spiro atoms. The van der Waals surface area contributed by atoms with E-state index in [1.54, 1.807) is 31.5 Å². The maximum Gasteiger partial charge on any atom is 0.313 e. The molecular weight excluding hydrogens is 306 g/mol. The number of anilines is 1. The number of hydrogen-bond acceptors (Lipinski definition) is 4. The lowest BCUT2D eigenvalue weighted by atomic mass is 10.1. The van der Waals surface area contributed by atoms with E-state index in [0.717, 1.165) is 16.8 Å². The second-order valence-corrected chi connectivity index (χ2v) is 5.45. The van der Waals surface area contributed by atoms with Crippen LogP contribution in [0.25, 0.3) is 0 Å². The fourth-order valence-electron chi connectivity index (χ4n) is 2.06. The fourth-order valence-corrected chi connectivity index (χ4v) is 2.06. The van der Waals surface area contributed by atoms with Crippen molar-refractivity contribution in [2.24, 2.45) is 0 Å². The molecule has 1 aromatic heterocycles. The fraction of sp³-hybridized carbons (Fsp3) is 0.278. The highest BCUT2D eigenvalue weighted by atomic mass is 16.5. The molecule has 2 rings (SSSR count). The molecular formula is C18H21N3O3. The molecule has 24 heavy (non-hydrogen) atoms. The zero-order chi connectivity index (χ0) is 17.5. The highest BCUT2D eigenvalue weighted by Crippen LogP contribution is 2.19. The quantitative estimate of drug-likeness (QED) is 0.826. The Balaban J connectivity index is 1.91. The third kappa shape index (κ3) is 4.89. The zero-order valence-electron chi connectivity index (χ0n) is 14.0. The van der Waals surface area contributed by atoms with E-state index in [0.29, 0.717) is 5.69 Å². The normalized spacial score (nSPS) is 11.6. The molecule has 1 aromatic carbocycles. The summed E-state index contributed by atoms with van der Waals surface area (Å²) in [6, 6.07) is 10.9. The Labute approximate surface area is 141 Å². The van der Waals surface area contributed by atoms with Crippen LogP contribution < -0.4 is 10.6 Å². The number of benzene rings is 1. The Bertz CT molecular complexity index is 714. The second kappa shape index (κ2) is 8.21. The summed E-state index contributed by atoms with van der Waals surface area (Å²) in [5, 5.41) is 5.16. The standard InChI is InChI=1S/C18H21N3O3/c1-12-7-8-14(10-19-12)11-20-17(22)18(23)21-16-6-4-5-15(9-16)13(2)24-3/h4-10,13H,11H2,1-3H3,(H,20,22)(H,21,23). The summed E-state index contributed by atoms with van der Waals surface area (Å²) >= 11 is 0. The summed E-state index contributed by atoms with van der Waals surface area (Å²) in [7, 11) is 1.61. The van der Waals surface area contributed by atoms with E-state index in [1.165, 1.54) is 0 Å². The van der Waals surface area contributed by atoms with E-state index >= 15 is 0 Å². The number of aromatic nitrogens is 1. The summed E-state index contributed by atoms with van der Waals surface area (Å²) < 4.78 is 5.24. The maximum absolute atomic E-state index is 12.0. The van der Waals surface area contributed by atoms with Crippen molar-refractivity contribution in [1.82, 2.24) is 10.3 Å². The minimum Gasteiger partial charge on any atom is -0.377 e. The average Bonchev–Trinajstić information content (AvgIpc) is 2.60. The van der Waals surface area contributed by atoms with Gasteiger partial charge in [-0.1, -0.05) is 18.2 Å². The molecule has 2 amide bonds. The number of pyridine rings is 1. The molecule has 6 heteroatoms. The first kappa shape index (κ1) is 17.6. The van der Waals surface area contributed by atoms with Crippen molar-refractivity contribution in [2.75, 3.05) is 12.4 Å². The monoisotopic (exact) mass is 327 g/mol. The molecule has 1 heterocycles. The lowest BCUT2D eigenvalue weighted by molar-refractivity contribution is -0.136. The highest BCUT2D eigenvalue weighted by molar-refractivity contribution is 6.39. The number of nitrogens with one attached hydrogen (secondary N) is 2. The van der Waals surface area contributed by atoms with Crippen LogP contribution in [0.3, 0.4) is 0 Å². The van der Waals surface area contributed by atoms with Crippen LogP contribution in [0.5, 0.6) is 0 Å². The van der Waals surface area contributed by atoms with Gasteiger partial charge in [0, 0.05) is 31.2 Å². The van der Waals surface area contributed by atoms with Gasteiger partial charge >= 0.3 is 11.8 Å². The topological polar surface area (TPSA) is 80.3 Å². The van der Waals surface area contributed by atoms with Crippen LogP contribution >= 0.6 is 0 Å². The van der Waals surface area contributed by atoms with Gasteiger partial charge in [-0.2, -0.15) is 0 Å². The summed E-state index contributed by atoms with van der Waals surface area (Å²) in [6.07, 6.45) is 1.58. The summed E-state index contributed by atoms with van der Waals surface area (Å²) in [4.78, 5) is 28.0. The van der Waals surface area contributed by atoms with Gasteiger partial charge in [0.15, 0.2) is 0 Å². The molecule has 1 atom stereocenters. The van der Waals surface area contributed by atoms with Gasteiger partial charge in [-0.3, -0.25) is 14.6 Å². The number of methoxy groups -OCH3 is 1. The maximum atomic E-state index is 12.0. The van der Waals surface area contributed by atoms with E-state index in [4.69, 9.17) is 4.74 Å². The zero-order valence-corrected chi connectivity index (χ0v) is 14.0. The number of aryl methyl sites for hydroxylation is 1. The van der Waals surface area contributed by atoms with E-state index in [-0.39, 0.29) is 12.6 Å². The first-order valence-corrected chi connectivity index (χ1v) is 7.63. The number of carbonyl (C=O) groups is 2. The first-order chi connectivity index (χ1) is 11.5. The first-order valence-electron chi connectivity index (χ1n) is 7.63. The molecule has 6 nitrogen and oxygen atoms in total. The number of hydrogen-bond donors (Lipinski definition) is 2. The van der Waals surface area contributed by atoms with Crippen molar-refractivity contribution >= 4 is 17.5 Å². The number of carbonyl (C=O) groups excluding carboxylic acids is 2. The SMILES string of the molecule is COC(C)c1cccc(NC(=O)C(=O)NCc2ccc(C)nc2)c1. The Morgan fingerprint density at radius 3 is 2.67 bits per heavy atom. The molecule has 0 saturated heterocycles. The van der Waals surface area contributed by atoms with E-state index in [9.17, 15) is 9.59 Å². The molecule has 0 fully saturated rings. The van der Waals surface area contributed by atoms with Crippen LogP contribution in [-0.2, 0) is 20.9 Å². The Morgan fingerprint density at radius 1 is 1.21 bits per heavy atom. The van der Waals surface area contributed by atoms with E-state index in [2.05, 4.69) is 15.6 Å².